The van der Waals surface area contributed by atoms with Crippen molar-refractivity contribution in [3.8, 4) is 0 Å². The largest absolute Gasteiger partial charge is 0.354 e. The minimum atomic E-state index is -0.605. The summed E-state index contributed by atoms with van der Waals surface area (Å²) in [6, 6.07) is 15.2. The molecule has 0 saturated carbocycles. The third-order valence-electron chi connectivity index (χ3n) is 4.59. The predicted molar refractivity (Wildman–Crippen MR) is 109 cm³/mol. The lowest BCUT2D eigenvalue weighted by Crippen LogP contribution is -2.48. The van der Waals surface area contributed by atoms with Crippen molar-refractivity contribution in [3.63, 3.8) is 0 Å². The van der Waals surface area contributed by atoms with Crippen molar-refractivity contribution in [1.82, 2.24) is 10.2 Å². The van der Waals surface area contributed by atoms with Gasteiger partial charge < -0.3 is 10.2 Å². The number of carbonyl (C=O) groups excluding carboxylic acids is 2. The first-order chi connectivity index (χ1) is 13.4. The van der Waals surface area contributed by atoms with E-state index in [0.29, 0.717) is 25.3 Å². The van der Waals surface area contributed by atoms with Crippen LogP contribution in [0.25, 0.3) is 0 Å². The quantitative estimate of drug-likeness (QED) is 0.712. The van der Waals surface area contributed by atoms with Crippen molar-refractivity contribution in [3.05, 3.63) is 71.5 Å². The van der Waals surface area contributed by atoms with Crippen LogP contribution in [-0.4, -0.2) is 29.3 Å². The Bertz CT molecular complexity index is 760. The molecule has 2 rings (SSSR count). The van der Waals surface area contributed by atoms with Crippen molar-refractivity contribution in [2.24, 2.45) is 5.92 Å². The van der Waals surface area contributed by atoms with E-state index in [2.05, 4.69) is 5.32 Å². The summed E-state index contributed by atoms with van der Waals surface area (Å²) >= 11 is 0. The van der Waals surface area contributed by atoms with Gasteiger partial charge in [0.25, 0.3) is 0 Å². The molecule has 2 aromatic rings. The van der Waals surface area contributed by atoms with Gasteiger partial charge in [-0.05, 0) is 42.5 Å². The van der Waals surface area contributed by atoms with Crippen molar-refractivity contribution in [2.75, 3.05) is 6.54 Å². The molecule has 28 heavy (non-hydrogen) atoms. The van der Waals surface area contributed by atoms with Gasteiger partial charge in [-0.25, -0.2) is 4.39 Å². The summed E-state index contributed by atoms with van der Waals surface area (Å²) in [5.41, 5.74) is 1.87. The minimum absolute atomic E-state index is 0.0969. The van der Waals surface area contributed by atoms with Gasteiger partial charge in [0.1, 0.15) is 11.9 Å². The molecule has 2 amide bonds. The molecule has 5 heteroatoms. The fraction of sp³-hybridized carbons (Fsp3) is 0.391. The predicted octanol–water partition coefficient (Wildman–Crippen LogP) is 3.95. The molecule has 0 saturated heterocycles. The molecule has 0 spiro atoms. The maximum atomic E-state index is 13.2. The van der Waals surface area contributed by atoms with Crippen LogP contribution < -0.4 is 5.32 Å². The zero-order valence-electron chi connectivity index (χ0n) is 16.8. The average Bonchev–Trinajstić information content (AvgIpc) is 2.70. The van der Waals surface area contributed by atoms with Gasteiger partial charge in [0.05, 0.1) is 0 Å². The normalized spacial score (nSPS) is 11.9. The monoisotopic (exact) mass is 384 g/mol. The summed E-state index contributed by atoms with van der Waals surface area (Å²) in [6.07, 6.45) is 0.924. The van der Waals surface area contributed by atoms with E-state index in [1.54, 1.807) is 24.0 Å². The number of carbonyl (C=O) groups is 2. The zero-order valence-corrected chi connectivity index (χ0v) is 16.8. The number of aryl methyl sites for hydroxylation is 1. The second-order valence-electron chi connectivity index (χ2n) is 7.45. The fourth-order valence-corrected chi connectivity index (χ4v) is 2.86. The summed E-state index contributed by atoms with van der Waals surface area (Å²) in [4.78, 5) is 27.1. The van der Waals surface area contributed by atoms with Gasteiger partial charge in [0, 0.05) is 19.5 Å². The van der Waals surface area contributed by atoms with Gasteiger partial charge in [0.2, 0.25) is 11.8 Å². The van der Waals surface area contributed by atoms with E-state index < -0.39 is 6.04 Å². The molecule has 0 aromatic heterocycles. The highest BCUT2D eigenvalue weighted by atomic mass is 19.1. The summed E-state index contributed by atoms with van der Waals surface area (Å²) in [6.45, 7) is 6.61. The molecule has 0 fully saturated rings. The second-order valence-corrected chi connectivity index (χ2v) is 7.45. The standard InChI is InChI=1S/C23H29FN2O2/c1-17(2)15-25-23(28)18(3)26(16-20-9-12-21(24)13-10-20)22(27)14-11-19-7-5-4-6-8-19/h4-10,12-13,17-18H,11,14-16H2,1-3H3,(H,25,28)/t18-/m0/s1. The molecular weight excluding hydrogens is 355 g/mol. The minimum Gasteiger partial charge on any atom is -0.354 e. The van der Waals surface area contributed by atoms with Crippen molar-refractivity contribution < 1.29 is 14.0 Å². The maximum absolute atomic E-state index is 13.2. The molecule has 4 nitrogen and oxygen atoms in total. The van der Waals surface area contributed by atoms with E-state index in [0.717, 1.165) is 11.1 Å². The Labute approximate surface area is 166 Å². The zero-order chi connectivity index (χ0) is 20.5. The van der Waals surface area contributed by atoms with Crippen molar-refractivity contribution >= 4 is 11.8 Å². The number of nitrogens with zero attached hydrogens (tertiary/aromatic N) is 1. The molecule has 1 atom stereocenters. The van der Waals surface area contributed by atoms with Crippen LogP contribution in [0.5, 0.6) is 0 Å². The van der Waals surface area contributed by atoms with Gasteiger partial charge in [-0.2, -0.15) is 0 Å². The summed E-state index contributed by atoms with van der Waals surface area (Å²) in [5.74, 6) is -0.270. The fourth-order valence-electron chi connectivity index (χ4n) is 2.86. The van der Waals surface area contributed by atoms with Crippen LogP contribution in [0.2, 0.25) is 0 Å². The first-order valence-corrected chi connectivity index (χ1v) is 9.72. The van der Waals surface area contributed by atoms with Crippen LogP contribution in [0, 0.1) is 11.7 Å². The summed E-state index contributed by atoms with van der Waals surface area (Å²) < 4.78 is 13.2. The van der Waals surface area contributed by atoms with E-state index >= 15 is 0 Å². The van der Waals surface area contributed by atoms with Crippen LogP contribution in [0.15, 0.2) is 54.6 Å². The van der Waals surface area contributed by atoms with Crippen molar-refractivity contribution in [1.29, 1.82) is 0 Å². The molecule has 0 aliphatic rings. The van der Waals surface area contributed by atoms with E-state index in [1.165, 1.54) is 12.1 Å². The van der Waals surface area contributed by atoms with Crippen LogP contribution in [0.3, 0.4) is 0 Å². The highest BCUT2D eigenvalue weighted by molar-refractivity contribution is 5.87. The van der Waals surface area contributed by atoms with Gasteiger partial charge in [-0.15, -0.1) is 0 Å². The Hall–Kier alpha value is -2.69. The van der Waals surface area contributed by atoms with Gasteiger partial charge in [-0.3, -0.25) is 9.59 Å². The number of hydrogen-bond donors (Lipinski definition) is 1. The molecule has 1 N–H and O–H groups in total. The Morgan fingerprint density at radius 3 is 2.21 bits per heavy atom. The van der Waals surface area contributed by atoms with Crippen molar-refractivity contribution in [2.45, 2.75) is 46.2 Å². The molecular formula is C23H29FN2O2. The third-order valence-corrected chi connectivity index (χ3v) is 4.59. The third kappa shape index (κ3) is 6.80. The lowest BCUT2D eigenvalue weighted by Gasteiger charge is -2.29. The lowest BCUT2D eigenvalue weighted by atomic mass is 10.1. The Morgan fingerprint density at radius 2 is 1.61 bits per heavy atom. The topological polar surface area (TPSA) is 49.4 Å². The molecule has 0 aliphatic carbocycles. The molecule has 0 aliphatic heterocycles. The van der Waals surface area contributed by atoms with E-state index in [9.17, 15) is 14.0 Å². The molecule has 150 valence electrons. The molecule has 2 aromatic carbocycles. The van der Waals surface area contributed by atoms with Crippen LogP contribution in [0.1, 0.15) is 38.3 Å². The highest BCUT2D eigenvalue weighted by Gasteiger charge is 2.25. The molecule has 0 radical (unpaired) electrons. The number of benzene rings is 2. The molecule has 0 bridgehead atoms. The van der Waals surface area contributed by atoms with Crippen LogP contribution >= 0.6 is 0 Å². The average molecular weight is 384 g/mol. The van der Waals surface area contributed by atoms with Gasteiger partial charge in [-0.1, -0.05) is 56.3 Å². The smallest absolute Gasteiger partial charge is 0.242 e. The highest BCUT2D eigenvalue weighted by Crippen LogP contribution is 2.14. The van der Waals surface area contributed by atoms with E-state index in [-0.39, 0.29) is 24.2 Å². The number of nitrogens with one attached hydrogen (secondary N) is 1. The number of hydrogen-bond acceptors (Lipinski definition) is 2. The first kappa shape index (κ1) is 21.6. The van der Waals surface area contributed by atoms with Crippen LogP contribution in [0.4, 0.5) is 4.39 Å². The number of rotatable bonds is 9. The number of halogens is 1. The number of amides is 2. The van der Waals surface area contributed by atoms with E-state index in [4.69, 9.17) is 0 Å². The maximum Gasteiger partial charge on any atom is 0.242 e. The summed E-state index contributed by atoms with van der Waals surface area (Å²) in [7, 11) is 0. The summed E-state index contributed by atoms with van der Waals surface area (Å²) in [5, 5.41) is 2.89. The van der Waals surface area contributed by atoms with E-state index in [1.807, 2.05) is 44.2 Å². The Kier molecular flexibility index (Phi) is 8.18. The van der Waals surface area contributed by atoms with Crippen LogP contribution in [-0.2, 0) is 22.6 Å². The van der Waals surface area contributed by atoms with Gasteiger partial charge >= 0.3 is 0 Å². The molecule has 0 unspecified atom stereocenters. The Morgan fingerprint density at radius 1 is 0.964 bits per heavy atom. The first-order valence-electron chi connectivity index (χ1n) is 9.72. The second kappa shape index (κ2) is 10.6. The van der Waals surface area contributed by atoms with Gasteiger partial charge in [0.15, 0.2) is 0 Å². The Balaban J connectivity index is 2.10. The molecule has 0 heterocycles. The lowest BCUT2D eigenvalue weighted by molar-refractivity contribution is -0.140. The SMILES string of the molecule is CC(C)CNC(=O)[C@H](C)N(Cc1ccc(F)cc1)C(=O)CCc1ccccc1.